The molecule has 0 aromatic heterocycles. The highest BCUT2D eigenvalue weighted by atomic mass is 16.5. The number of nitrogens with zero attached hydrogens (tertiary/aromatic N) is 1. The van der Waals surface area contributed by atoms with E-state index in [4.69, 9.17) is 10.5 Å². The molecule has 1 rings (SSSR count). The molecule has 0 unspecified atom stereocenters. The highest BCUT2D eigenvalue weighted by molar-refractivity contribution is 5.95. The van der Waals surface area contributed by atoms with Crippen LogP contribution in [0, 0.1) is 0 Å². The summed E-state index contributed by atoms with van der Waals surface area (Å²) in [6.45, 7) is 7.00. The number of likely N-dealkylation sites (tertiary alicyclic amines) is 1. The van der Waals surface area contributed by atoms with E-state index in [0.29, 0.717) is 19.7 Å². The van der Waals surface area contributed by atoms with Crippen molar-refractivity contribution >= 4 is 11.9 Å². The van der Waals surface area contributed by atoms with Gasteiger partial charge in [-0.25, -0.2) is 4.79 Å². The van der Waals surface area contributed by atoms with Crippen molar-refractivity contribution in [2.45, 2.75) is 25.4 Å². The van der Waals surface area contributed by atoms with Crippen molar-refractivity contribution in [3.05, 3.63) is 12.7 Å². The lowest BCUT2D eigenvalue weighted by Crippen LogP contribution is -2.47. The maximum absolute atomic E-state index is 11.7. The summed E-state index contributed by atoms with van der Waals surface area (Å²) in [6, 6.07) is -0.486. The van der Waals surface area contributed by atoms with Crippen molar-refractivity contribution in [3.8, 4) is 0 Å². The van der Waals surface area contributed by atoms with Crippen LogP contribution in [0.4, 0.5) is 4.79 Å². The molecule has 0 aliphatic carbocycles. The first-order valence-electron chi connectivity index (χ1n) is 7.38. The molecule has 1 saturated heterocycles. The zero-order valence-corrected chi connectivity index (χ0v) is 12.5. The molecular weight excluding hydrogens is 272 g/mol. The summed E-state index contributed by atoms with van der Waals surface area (Å²) in [5.74, 6) is -0.293. The second-order valence-electron chi connectivity index (χ2n) is 5.04. The predicted octanol–water partition coefficient (Wildman–Crippen LogP) is -0.172. The van der Waals surface area contributed by atoms with Crippen LogP contribution >= 0.6 is 0 Å². The number of amides is 3. The zero-order valence-electron chi connectivity index (χ0n) is 12.5. The zero-order chi connectivity index (χ0) is 15.5. The van der Waals surface area contributed by atoms with Crippen molar-refractivity contribution in [3.63, 3.8) is 0 Å². The number of hydrogen-bond donors (Lipinski definition) is 3. The number of imide groups is 1. The Morgan fingerprint density at radius 2 is 2.10 bits per heavy atom. The van der Waals surface area contributed by atoms with Gasteiger partial charge in [0.15, 0.2) is 0 Å². The minimum Gasteiger partial charge on any atom is -0.378 e. The lowest BCUT2D eigenvalue weighted by Gasteiger charge is -2.31. The minimum atomic E-state index is -0.486. The van der Waals surface area contributed by atoms with E-state index in [2.05, 4.69) is 17.2 Å². The van der Waals surface area contributed by atoms with E-state index >= 15 is 0 Å². The molecule has 0 radical (unpaired) electrons. The summed E-state index contributed by atoms with van der Waals surface area (Å²) in [5, 5.41) is 4.79. The van der Waals surface area contributed by atoms with Crippen molar-refractivity contribution in [1.82, 2.24) is 15.5 Å². The largest absolute Gasteiger partial charge is 0.378 e. The Balaban J connectivity index is 2.15. The van der Waals surface area contributed by atoms with E-state index in [0.717, 1.165) is 32.4 Å². The molecule has 0 aromatic rings. The van der Waals surface area contributed by atoms with Gasteiger partial charge in [-0.05, 0) is 25.8 Å². The van der Waals surface area contributed by atoms with Crippen LogP contribution in [0.5, 0.6) is 0 Å². The predicted molar refractivity (Wildman–Crippen MR) is 80.8 cm³/mol. The molecule has 7 nitrogen and oxygen atoms in total. The number of ether oxygens (including phenoxy) is 1. The SMILES string of the molecule is C=CCNC(=O)NC(=O)CN1CCC(OCCCN)CC1. The first-order chi connectivity index (χ1) is 10.2. The molecule has 1 fully saturated rings. The Kier molecular flexibility index (Phi) is 8.65. The molecule has 1 aliphatic heterocycles. The molecule has 0 spiro atoms. The molecule has 0 aromatic carbocycles. The van der Waals surface area contributed by atoms with Crippen LogP contribution in [-0.4, -0.2) is 62.3 Å². The maximum atomic E-state index is 11.7. The highest BCUT2D eigenvalue weighted by Crippen LogP contribution is 2.13. The minimum absolute atomic E-state index is 0.233. The van der Waals surface area contributed by atoms with Gasteiger partial charge in [-0.1, -0.05) is 6.08 Å². The van der Waals surface area contributed by atoms with Gasteiger partial charge in [-0.3, -0.25) is 15.0 Å². The summed E-state index contributed by atoms with van der Waals surface area (Å²) >= 11 is 0. The smallest absolute Gasteiger partial charge is 0.321 e. The Morgan fingerprint density at radius 3 is 2.71 bits per heavy atom. The number of carbonyl (C=O) groups is 2. The van der Waals surface area contributed by atoms with Crippen molar-refractivity contribution in [1.29, 1.82) is 0 Å². The fraction of sp³-hybridized carbons (Fsp3) is 0.714. The fourth-order valence-corrected chi connectivity index (χ4v) is 2.15. The number of nitrogens with one attached hydrogen (secondary N) is 2. The number of hydrogen-bond acceptors (Lipinski definition) is 5. The van der Waals surface area contributed by atoms with Gasteiger partial charge >= 0.3 is 6.03 Å². The van der Waals surface area contributed by atoms with Crippen LogP contribution in [0.25, 0.3) is 0 Å². The van der Waals surface area contributed by atoms with E-state index in [1.54, 1.807) is 6.08 Å². The molecule has 120 valence electrons. The Hall–Kier alpha value is -1.44. The summed E-state index contributed by atoms with van der Waals surface area (Å²) in [7, 11) is 0. The van der Waals surface area contributed by atoms with E-state index in [9.17, 15) is 9.59 Å². The van der Waals surface area contributed by atoms with Gasteiger partial charge in [0.25, 0.3) is 0 Å². The second-order valence-corrected chi connectivity index (χ2v) is 5.04. The molecule has 0 atom stereocenters. The third-order valence-corrected chi connectivity index (χ3v) is 3.26. The van der Waals surface area contributed by atoms with E-state index < -0.39 is 6.03 Å². The van der Waals surface area contributed by atoms with Gasteiger partial charge < -0.3 is 15.8 Å². The van der Waals surface area contributed by atoms with E-state index in [1.807, 2.05) is 4.90 Å². The van der Waals surface area contributed by atoms with Crippen LogP contribution in [0.3, 0.4) is 0 Å². The first-order valence-corrected chi connectivity index (χ1v) is 7.38. The van der Waals surface area contributed by atoms with E-state index in [-0.39, 0.29) is 18.6 Å². The monoisotopic (exact) mass is 298 g/mol. The standard InChI is InChI=1S/C14H26N4O3/c1-2-7-16-14(20)17-13(19)11-18-8-4-12(5-9-18)21-10-3-6-15/h2,12H,1,3-11,15H2,(H2,16,17,19,20). The number of carbonyl (C=O) groups excluding carboxylic acids is 2. The van der Waals surface area contributed by atoms with Crippen LogP contribution < -0.4 is 16.4 Å². The average molecular weight is 298 g/mol. The lowest BCUT2D eigenvalue weighted by atomic mass is 10.1. The normalized spacial score (nSPS) is 16.4. The van der Waals surface area contributed by atoms with Crippen molar-refractivity contribution < 1.29 is 14.3 Å². The van der Waals surface area contributed by atoms with Crippen molar-refractivity contribution in [2.24, 2.45) is 5.73 Å². The summed E-state index contributed by atoms with van der Waals surface area (Å²) in [6.07, 6.45) is 4.50. The third kappa shape index (κ3) is 7.79. The molecule has 0 bridgehead atoms. The summed E-state index contributed by atoms with van der Waals surface area (Å²) in [5.41, 5.74) is 5.42. The molecule has 4 N–H and O–H groups in total. The molecule has 21 heavy (non-hydrogen) atoms. The molecule has 1 aliphatic rings. The molecule has 1 heterocycles. The summed E-state index contributed by atoms with van der Waals surface area (Å²) in [4.78, 5) is 25.0. The van der Waals surface area contributed by atoms with Crippen LogP contribution in [-0.2, 0) is 9.53 Å². The quantitative estimate of drug-likeness (QED) is 0.427. The third-order valence-electron chi connectivity index (χ3n) is 3.26. The molecule has 3 amide bonds. The number of piperidine rings is 1. The molecular formula is C14H26N4O3. The van der Waals surface area contributed by atoms with Crippen LogP contribution in [0.2, 0.25) is 0 Å². The second kappa shape index (κ2) is 10.3. The van der Waals surface area contributed by atoms with Crippen LogP contribution in [0.1, 0.15) is 19.3 Å². The number of nitrogens with two attached hydrogens (primary N) is 1. The Labute approximate surface area is 125 Å². The van der Waals surface area contributed by atoms with Crippen molar-refractivity contribution in [2.75, 3.05) is 39.3 Å². The highest BCUT2D eigenvalue weighted by Gasteiger charge is 2.21. The topological polar surface area (TPSA) is 96.7 Å². The van der Waals surface area contributed by atoms with Gasteiger partial charge in [0.05, 0.1) is 12.6 Å². The number of urea groups is 1. The molecule has 7 heteroatoms. The van der Waals surface area contributed by atoms with E-state index in [1.165, 1.54) is 0 Å². The Morgan fingerprint density at radius 1 is 1.38 bits per heavy atom. The maximum Gasteiger partial charge on any atom is 0.321 e. The van der Waals surface area contributed by atoms with Gasteiger partial charge in [0.1, 0.15) is 0 Å². The lowest BCUT2D eigenvalue weighted by molar-refractivity contribution is -0.121. The summed E-state index contributed by atoms with van der Waals surface area (Å²) < 4.78 is 5.70. The van der Waals surface area contributed by atoms with Gasteiger partial charge in [-0.15, -0.1) is 6.58 Å². The van der Waals surface area contributed by atoms with Gasteiger partial charge in [-0.2, -0.15) is 0 Å². The average Bonchev–Trinajstić information content (AvgIpc) is 2.47. The Bertz CT molecular complexity index is 341. The first kappa shape index (κ1) is 17.6. The molecule has 0 saturated carbocycles. The fourth-order valence-electron chi connectivity index (χ4n) is 2.15. The van der Waals surface area contributed by atoms with Crippen LogP contribution in [0.15, 0.2) is 12.7 Å². The number of rotatable bonds is 8. The van der Waals surface area contributed by atoms with Gasteiger partial charge in [0, 0.05) is 26.2 Å². The van der Waals surface area contributed by atoms with Gasteiger partial charge in [0.2, 0.25) is 5.91 Å².